The van der Waals surface area contributed by atoms with Gasteiger partial charge in [0.1, 0.15) is 23.6 Å². The van der Waals surface area contributed by atoms with Crippen LogP contribution in [-0.2, 0) is 4.74 Å². The van der Waals surface area contributed by atoms with E-state index in [0.29, 0.717) is 41.4 Å². The Morgan fingerprint density at radius 1 is 1.15 bits per heavy atom. The number of aliphatic imine (C=N–C) groups is 2. The summed E-state index contributed by atoms with van der Waals surface area (Å²) in [5.74, 6) is 1.28. The first-order valence-electron chi connectivity index (χ1n) is 15.5. The zero-order valence-electron chi connectivity index (χ0n) is 26.2. The highest BCUT2D eigenvalue weighted by molar-refractivity contribution is 5.70. The SMILES string of the molecule is C1COCCN1.C[C@@H](CN=CN)Oc1cc(-c2cnc(Nc3cn(C4CCCCC4)nc3OC/N=C/C=C\N)nc2)ccc1C#N. The van der Waals surface area contributed by atoms with Gasteiger partial charge in [0.05, 0.1) is 43.9 Å². The Morgan fingerprint density at radius 2 is 1.93 bits per heavy atom. The Kier molecular flexibility index (Phi) is 13.8. The van der Waals surface area contributed by atoms with Gasteiger partial charge in [0.25, 0.3) is 5.88 Å². The fourth-order valence-electron chi connectivity index (χ4n) is 4.89. The summed E-state index contributed by atoms with van der Waals surface area (Å²) in [6, 6.07) is 7.84. The second-order valence-electron chi connectivity index (χ2n) is 10.7. The third-order valence-corrected chi connectivity index (χ3v) is 7.20. The summed E-state index contributed by atoms with van der Waals surface area (Å²) in [6.07, 6.45) is 16.7. The molecule has 5 rings (SSSR count). The second-order valence-corrected chi connectivity index (χ2v) is 10.7. The molecule has 14 heteroatoms. The van der Waals surface area contributed by atoms with Crippen LogP contribution in [0, 0.1) is 11.3 Å². The number of ether oxygens (including phenoxy) is 3. The molecular weight excluding hydrogens is 586 g/mol. The van der Waals surface area contributed by atoms with E-state index in [2.05, 4.69) is 41.8 Å². The van der Waals surface area contributed by atoms with Crippen LogP contribution >= 0.6 is 0 Å². The molecular formula is C32H43N11O3. The van der Waals surface area contributed by atoms with Crippen LogP contribution < -0.4 is 31.6 Å². The molecule has 0 bridgehead atoms. The van der Waals surface area contributed by atoms with Crippen LogP contribution in [0.4, 0.5) is 11.6 Å². The van der Waals surface area contributed by atoms with Crippen molar-refractivity contribution in [3.8, 4) is 28.8 Å². The third-order valence-electron chi connectivity index (χ3n) is 7.20. The minimum absolute atomic E-state index is 0.0980. The first-order valence-corrected chi connectivity index (χ1v) is 15.5. The van der Waals surface area contributed by atoms with E-state index in [1.165, 1.54) is 31.8 Å². The summed E-state index contributed by atoms with van der Waals surface area (Å²) in [6.45, 7) is 6.18. The molecule has 3 aromatic rings. The van der Waals surface area contributed by atoms with Crippen LogP contribution in [0.3, 0.4) is 0 Å². The number of allylic oxidation sites excluding steroid dienone is 1. The number of hydrogen-bond acceptors (Lipinski definition) is 12. The van der Waals surface area contributed by atoms with Crippen molar-refractivity contribution < 1.29 is 14.2 Å². The van der Waals surface area contributed by atoms with E-state index in [4.69, 9.17) is 25.7 Å². The van der Waals surface area contributed by atoms with E-state index >= 15 is 0 Å². The largest absolute Gasteiger partial charge is 0.487 e. The number of nitrogens with zero attached hydrogens (tertiary/aromatic N) is 7. The summed E-state index contributed by atoms with van der Waals surface area (Å²) in [5, 5.41) is 20.6. The molecule has 2 fully saturated rings. The summed E-state index contributed by atoms with van der Waals surface area (Å²) in [5.41, 5.74) is 13.3. The van der Waals surface area contributed by atoms with Crippen LogP contribution in [0.5, 0.6) is 11.6 Å². The first kappa shape index (κ1) is 33.9. The smallest absolute Gasteiger partial charge is 0.258 e. The Balaban J connectivity index is 0.000000717. The molecule has 1 saturated heterocycles. The fourth-order valence-corrected chi connectivity index (χ4v) is 4.89. The fraction of sp³-hybridized carbons (Fsp3) is 0.438. The predicted octanol–water partition coefficient (Wildman–Crippen LogP) is 3.70. The van der Waals surface area contributed by atoms with Crippen LogP contribution in [0.1, 0.15) is 50.6 Å². The lowest BCUT2D eigenvalue weighted by molar-refractivity contribution is 0.109. The number of hydrogen-bond donors (Lipinski definition) is 4. The lowest BCUT2D eigenvalue weighted by atomic mass is 9.96. The third kappa shape index (κ3) is 10.6. The number of morpholine rings is 1. The molecule has 6 N–H and O–H groups in total. The average molecular weight is 630 g/mol. The highest BCUT2D eigenvalue weighted by Gasteiger charge is 2.20. The monoisotopic (exact) mass is 629 g/mol. The molecule has 46 heavy (non-hydrogen) atoms. The molecule has 1 aliphatic carbocycles. The molecule has 0 spiro atoms. The van der Waals surface area contributed by atoms with E-state index in [9.17, 15) is 5.26 Å². The average Bonchev–Trinajstić information content (AvgIpc) is 3.51. The lowest BCUT2D eigenvalue weighted by Crippen LogP contribution is -2.30. The van der Waals surface area contributed by atoms with Gasteiger partial charge >= 0.3 is 0 Å². The molecule has 14 nitrogen and oxygen atoms in total. The Labute approximate surface area is 269 Å². The van der Waals surface area contributed by atoms with Crippen LogP contribution in [0.15, 0.2) is 59.1 Å². The summed E-state index contributed by atoms with van der Waals surface area (Å²) >= 11 is 0. The van der Waals surface area contributed by atoms with Gasteiger partial charge in [0.15, 0.2) is 6.73 Å². The maximum atomic E-state index is 9.50. The normalized spacial score (nSPS) is 16.2. The summed E-state index contributed by atoms with van der Waals surface area (Å²) < 4.78 is 18.7. The number of nitrogens with one attached hydrogen (secondary N) is 2. The molecule has 2 aliphatic rings. The van der Waals surface area contributed by atoms with Gasteiger partial charge in [-0.2, -0.15) is 5.26 Å². The molecule has 0 unspecified atom stereocenters. The van der Waals surface area contributed by atoms with Crippen molar-refractivity contribution in [2.45, 2.75) is 51.2 Å². The lowest BCUT2D eigenvalue weighted by Gasteiger charge is -2.21. The summed E-state index contributed by atoms with van der Waals surface area (Å²) in [7, 11) is 0. The van der Waals surface area contributed by atoms with Crippen molar-refractivity contribution in [3.05, 3.63) is 54.6 Å². The minimum atomic E-state index is -0.251. The quantitative estimate of drug-likeness (QED) is 0.168. The van der Waals surface area contributed by atoms with Crippen LogP contribution in [0.2, 0.25) is 0 Å². The number of rotatable bonds is 12. The molecule has 244 valence electrons. The summed E-state index contributed by atoms with van der Waals surface area (Å²) in [4.78, 5) is 17.2. The van der Waals surface area contributed by atoms with Crippen molar-refractivity contribution in [1.82, 2.24) is 25.1 Å². The number of anilines is 2. The van der Waals surface area contributed by atoms with Crippen molar-refractivity contribution in [3.63, 3.8) is 0 Å². The van der Waals surface area contributed by atoms with Gasteiger partial charge in [0.2, 0.25) is 5.95 Å². The number of nitrogens with two attached hydrogens (primary N) is 2. The molecule has 0 radical (unpaired) electrons. The number of benzene rings is 1. The van der Waals surface area contributed by atoms with Crippen molar-refractivity contribution in [2.75, 3.05) is 44.9 Å². The zero-order valence-corrected chi connectivity index (χ0v) is 26.2. The Morgan fingerprint density at radius 3 is 2.59 bits per heavy atom. The van der Waals surface area contributed by atoms with Gasteiger partial charge in [-0.25, -0.2) is 9.97 Å². The molecule has 1 aliphatic heterocycles. The second kappa shape index (κ2) is 18.7. The maximum absolute atomic E-state index is 9.50. The standard InChI is InChI=1S/C28H34N10O2.C4H9NO/c1-20(14-33-18-31)40-26-12-21(8-9-22(26)13-30)23-15-34-28(35-16-23)36-25-17-38(24-6-3-2-4-7-24)37-27(25)39-19-32-11-5-10-29;1-3-6-4-2-5-1/h5,8-12,15-18,20,24H,2-4,6-7,14,19,29H2,1H3,(H2,31,33)(H,34,35,36);5H,1-4H2/b10-5-,32-11+;/t20-;/m0./s1. The molecule has 1 saturated carbocycles. The Hall–Kier alpha value is -5.00. The van der Waals surface area contributed by atoms with Gasteiger partial charge in [-0.3, -0.25) is 14.7 Å². The predicted molar refractivity (Wildman–Crippen MR) is 178 cm³/mol. The minimum Gasteiger partial charge on any atom is -0.487 e. The van der Waals surface area contributed by atoms with Crippen molar-refractivity contribution in [2.24, 2.45) is 21.5 Å². The van der Waals surface area contributed by atoms with E-state index < -0.39 is 0 Å². The van der Waals surface area contributed by atoms with Gasteiger partial charge < -0.3 is 36.3 Å². The Bertz CT molecular complexity index is 1460. The zero-order chi connectivity index (χ0) is 32.4. The van der Waals surface area contributed by atoms with Crippen molar-refractivity contribution in [1.29, 1.82) is 5.26 Å². The van der Waals surface area contributed by atoms with E-state index in [1.807, 2.05) is 23.9 Å². The first-order chi connectivity index (χ1) is 22.6. The number of aromatic nitrogens is 4. The topological polar surface area (TPSA) is 196 Å². The van der Waals surface area contributed by atoms with E-state index in [1.54, 1.807) is 36.8 Å². The van der Waals surface area contributed by atoms with Crippen LogP contribution in [0.25, 0.3) is 11.1 Å². The number of nitriles is 1. The highest BCUT2D eigenvalue weighted by Crippen LogP contribution is 2.33. The van der Waals surface area contributed by atoms with Gasteiger partial charge in [-0.15, -0.1) is 5.10 Å². The van der Waals surface area contributed by atoms with Gasteiger partial charge in [-0.05, 0) is 49.7 Å². The molecule has 1 aromatic carbocycles. The van der Waals surface area contributed by atoms with E-state index in [0.717, 1.165) is 50.3 Å². The molecule has 0 amide bonds. The van der Waals surface area contributed by atoms with Gasteiger partial charge in [0, 0.05) is 37.3 Å². The van der Waals surface area contributed by atoms with Crippen LogP contribution in [-0.4, -0.2) is 78.0 Å². The van der Waals surface area contributed by atoms with Gasteiger partial charge in [-0.1, -0.05) is 25.3 Å². The van der Waals surface area contributed by atoms with E-state index in [-0.39, 0.29) is 12.8 Å². The van der Waals surface area contributed by atoms with Crippen molar-refractivity contribution >= 4 is 24.2 Å². The highest BCUT2D eigenvalue weighted by atomic mass is 16.5. The molecule has 3 heterocycles. The molecule has 2 aromatic heterocycles. The maximum Gasteiger partial charge on any atom is 0.258 e. The molecule has 1 atom stereocenters.